The van der Waals surface area contributed by atoms with Crippen LogP contribution in [0.2, 0.25) is 0 Å². The first-order valence-electron chi connectivity index (χ1n) is 8.92. The van der Waals surface area contributed by atoms with E-state index in [4.69, 9.17) is 20.4 Å². The third kappa shape index (κ3) is 6.18. The monoisotopic (exact) mass is 450 g/mol. The van der Waals surface area contributed by atoms with Gasteiger partial charge < -0.3 is 20.9 Å². The summed E-state index contributed by atoms with van der Waals surface area (Å²) in [4.78, 5) is 8.36. The van der Waals surface area contributed by atoms with Crippen molar-refractivity contribution >= 4 is 6.47 Å². The molecule has 170 valence electrons. The molecule has 0 aromatic heterocycles. The molecule has 0 radical (unpaired) electrons. The zero-order chi connectivity index (χ0) is 23.4. The Balaban J connectivity index is 0.00000107. The van der Waals surface area contributed by atoms with E-state index in [1.54, 1.807) is 19.1 Å². The zero-order valence-corrected chi connectivity index (χ0v) is 16.2. The van der Waals surface area contributed by atoms with Gasteiger partial charge in [0.15, 0.2) is 0 Å². The first kappa shape index (κ1) is 24.6. The number of morpholine rings is 1. The molecule has 5 nitrogen and oxygen atoms in total. The van der Waals surface area contributed by atoms with Gasteiger partial charge in [-0.15, -0.1) is 0 Å². The average Bonchev–Trinajstić information content (AvgIpc) is 2.67. The predicted octanol–water partition coefficient (Wildman–Crippen LogP) is 4.21. The summed E-state index contributed by atoms with van der Waals surface area (Å²) in [5.74, 6) is 0. The Morgan fingerprint density at radius 2 is 1.61 bits per heavy atom. The molecule has 1 saturated heterocycles. The van der Waals surface area contributed by atoms with Crippen molar-refractivity contribution in [2.24, 2.45) is 5.73 Å². The first-order chi connectivity index (χ1) is 14.3. The van der Waals surface area contributed by atoms with Crippen LogP contribution in [0.15, 0.2) is 42.5 Å². The maximum absolute atomic E-state index is 13.1. The molecule has 0 spiro atoms. The molecule has 2 aromatic rings. The fourth-order valence-electron chi connectivity index (χ4n) is 3.19. The highest BCUT2D eigenvalue weighted by Crippen LogP contribution is 2.39. The van der Waals surface area contributed by atoms with E-state index in [0.717, 1.165) is 0 Å². The normalized spacial score (nSPS) is 21.7. The summed E-state index contributed by atoms with van der Waals surface area (Å²) in [6.07, 6.45) is -10.4. The van der Waals surface area contributed by atoms with E-state index in [9.17, 15) is 26.3 Å². The molecule has 0 bridgehead atoms. The highest BCUT2D eigenvalue weighted by atomic mass is 19.4. The minimum atomic E-state index is -4.90. The van der Waals surface area contributed by atoms with Crippen LogP contribution in [0, 0.1) is 0 Å². The standard InChI is InChI=1S/C19H18F6N2O.CH2O2/c1-17(10-27-9-16(26)28-17)13-4-2-3-11(5-13)12-6-14(18(20,21)22)8-15(7-12)19(23,24)25;2-1-3/h2-8,16,27H,9-10,26H2,1H3;1H,(H,2,3). The molecule has 2 atom stereocenters. The SMILES string of the molecule is CC1(c2cccc(-c3cc(C(F)(F)F)cc(C(F)(F)F)c3)c2)CNCC(N)O1.O=CO. The fourth-order valence-corrected chi connectivity index (χ4v) is 3.19. The number of hydrogen-bond donors (Lipinski definition) is 3. The highest BCUT2D eigenvalue weighted by Gasteiger charge is 2.37. The third-order valence-electron chi connectivity index (χ3n) is 4.61. The number of nitrogens with two attached hydrogens (primary N) is 1. The smallest absolute Gasteiger partial charge is 0.416 e. The molecular weight excluding hydrogens is 430 g/mol. The van der Waals surface area contributed by atoms with Gasteiger partial charge in [0.2, 0.25) is 0 Å². The number of nitrogens with one attached hydrogen (secondary N) is 1. The van der Waals surface area contributed by atoms with Crippen molar-refractivity contribution in [1.29, 1.82) is 0 Å². The topological polar surface area (TPSA) is 84.6 Å². The van der Waals surface area contributed by atoms with E-state index in [1.807, 2.05) is 0 Å². The Bertz CT molecular complexity index is 884. The van der Waals surface area contributed by atoms with Gasteiger partial charge in [0, 0.05) is 13.1 Å². The number of ether oxygens (including phenoxy) is 1. The van der Waals surface area contributed by atoms with Crippen molar-refractivity contribution in [1.82, 2.24) is 5.32 Å². The van der Waals surface area contributed by atoms with E-state index in [-0.39, 0.29) is 23.7 Å². The lowest BCUT2D eigenvalue weighted by molar-refractivity contribution is -0.143. The molecule has 1 aliphatic rings. The van der Waals surface area contributed by atoms with Crippen molar-refractivity contribution < 1.29 is 41.0 Å². The van der Waals surface area contributed by atoms with Crippen LogP contribution in [0.3, 0.4) is 0 Å². The number of hydrogen-bond acceptors (Lipinski definition) is 4. The Labute approximate surface area is 173 Å². The number of carbonyl (C=O) groups is 1. The number of halogens is 6. The molecule has 4 N–H and O–H groups in total. The van der Waals surface area contributed by atoms with Gasteiger partial charge in [0.25, 0.3) is 6.47 Å². The van der Waals surface area contributed by atoms with Crippen LogP contribution in [0.4, 0.5) is 26.3 Å². The molecule has 3 rings (SSSR count). The molecule has 1 heterocycles. The molecule has 1 aliphatic heterocycles. The number of alkyl halides is 6. The summed E-state index contributed by atoms with van der Waals surface area (Å²) < 4.78 is 84.5. The lowest BCUT2D eigenvalue weighted by atomic mass is 9.90. The van der Waals surface area contributed by atoms with Crippen LogP contribution in [-0.4, -0.2) is 30.9 Å². The summed E-state index contributed by atoms with van der Waals surface area (Å²) in [5.41, 5.74) is 2.86. The maximum atomic E-state index is 13.1. The number of carboxylic acid groups (broad SMARTS) is 1. The van der Waals surface area contributed by atoms with Gasteiger partial charge in [0.1, 0.15) is 11.8 Å². The second kappa shape index (κ2) is 9.25. The predicted molar refractivity (Wildman–Crippen MR) is 99.9 cm³/mol. The summed E-state index contributed by atoms with van der Waals surface area (Å²) >= 11 is 0. The van der Waals surface area contributed by atoms with Crippen molar-refractivity contribution in [2.75, 3.05) is 13.1 Å². The van der Waals surface area contributed by atoms with Crippen LogP contribution in [-0.2, 0) is 27.5 Å². The molecule has 0 saturated carbocycles. The quantitative estimate of drug-likeness (QED) is 0.472. The lowest BCUT2D eigenvalue weighted by Crippen LogP contribution is -2.53. The molecule has 0 amide bonds. The van der Waals surface area contributed by atoms with Crippen molar-refractivity contribution in [3.8, 4) is 11.1 Å². The Morgan fingerprint density at radius 3 is 2.10 bits per heavy atom. The first-order valence-corrected chi connectivity index (χ1v) is 8.92. The minimum absolute atomic E-state index is 0.113. The van der Waals surface area contributed by atoms with Gasteiger partial charge in [-0.25, -0.2) is 0 Å². The van der Waals surface area contributed by atoms with E-state index in [0.29, 0.717) is 30.8 Å². The fraction of sp³-hybridized carbons (Fsp3) is 0.350. The maximum Gasteiger partial charge on any atom is 0.416 e. The van der Waals surface area contributed by atoms with Gasteiger partial charge in [-0.1, -0.05) is 18.2 Å². The third-order valence-corrected chi connectivity index (χ3v) is 4.61. The highest BCUT2D eigenvalue weighted by molar-refractivity contribution is 5.67. The van der Waals surface area contributed by atoms with Gasteiger partial charge in [-0.05, 0) is 47.9 Å². The van der Waals surface area contributed by atoms with E-state index >= 15 is 0 Å². The zero-order valence-electron chi connectivity index (χ0n) is 16.2. The van der Waals surface area contributed by atoms with E-state index in [1.165, 1.54) is 12.1 Å². The second-order valence-corrected chi connectivity index (χ2v) is 7.00. The van der Waals surface area contributed by atoms with Crippen LogP contribution < -0.4 is 11.1 Å². The Morgan fingerprint density at radius 1 is 1.06 bits per heavy atom. The van der Waals surface area contributed by atoms with Crippen molar-refractivity contribution in [3.05, 3.63) is 59.2 Å². The number of rotatable bonds is 2. The van der Waals surface area contributed by atoms with Gasteiger partial charge in [-0.3, -0.25) is 4.79 Å². The molecule has 31 heavy (non-hydrogen) atoms. The minimum Gasteiger partial charge on any atom is -0.483 e. The molecule has 1 fully saturated rings. The van der Waals surface area contributed by atoms with Crippen LogP contribution in [0.5, 0.6) is 0 Å². The van der Waals surface area contributed by atoms with Gasteiger partial charge in [-0.2, -0.15) is 26.3 Å². The molecule has 2 aromatic carbocycles. The summed E-state index contributed by atoms with van der Waals surface area (Å²) in [5, 5.41) is 9.98. The average molecular weight is 450 g/mol. The summed E-state index contributed by atoms with van der Waals surface area (Å²) in [7, 11) is 0. The molecule has 2 unspecified atom stereocenters. The largest absolute Gasteiger partial charge is 0.483 e. The van der Waals surface area contributed by atoms with Crippen LogP contribution in [0.1, 0.15) is 23.6 Å². The Kier molecular flexibility index (Phi) is 7.35. The second-order valence-electron chi connectivity index (χ2n) is 7.00. The van der Waals surface area contributed by atoms with E-state index < -0.39 is 35.3 Å². The summed E-state index contributed by atoms with van der Waals surface area (Å²) in [6.45, 7) is 2.35. The lowest BCUT2D eigenvalue weighted by Gasteiger charge is -2.38. The van der Waals surface area contributed by atoms with Crippen LogP contribution in [0.25, 0.3) is 11.1 Å². The number of benzene rings is 2. The van der Waals surface area contributed by atoms with Gasteiger partial charge >= 0.3 is 12.4 Å². The summed E-state index contributed by atoms with van der Waals surface area (Å²) in [6, 6.07) is 7.77. The molecule has 0 aliphatic carbocycles. The van der Waals surface area contributed by atoms with Crippen LogP contribution >= 0.6 is 0 Å². The van der Waals surface area contributed by atoms with Gasteiger partial charge in [0.05, 0.1) is 11.1 Å². The molecular formula is C20H20F6N2O3. The van der Waals surface area contributed by atoms with Crippen molar-refractivity contribution in [3.63, 3.8) is 0 Å². The van der Waals surface area contributed by atoms with Crippen molar-refractivity contribution in [2.45, 2.75) is 31.1 Å². The molecule has 11 heteroatoms. The Hall–Kier alpha value is -2.63. The van der Waals surface area contributed by atoms with E-state index in [2.05, 4.69) is 5.32 Å².